The molecule has 0 atom stereocenters. The van der Waals surface area contributed by atoms with Crippen molar-refractivity contribution >= 4 is 69.1 Å². The van der Waals surface area contributed by atoms with Crippen LogP contribution in [0.2, 0.25) is 5.02 Å². The van der Waals surface area contributed by atoms with E-state index in [1.807, 2.05) is 47.8 Å². The zero-order valence-corrected chi connectivity index (χ0v) is 20.0. The van der Waals surface area contributed by atoms with E-state index in [0.29, 0.717) is 20.8 Å². The number of carbonyl (C=O) groups is 2. The number of thiazole rings is 1. The van der Waals surface area contributed by atoms with Crippen molar-refractivity contribution in [3.63, 3.8) is 0 Å². The van der Waals surface area contributed by atoms with Gasteiger partial charge in [0.05, 0.1) is 17.1 Å². The number of nitrogens with one attached hydrogen (secondary N) is 1. The minimum Gasteiger partial charge on any atom is -0.350 e. The number of amides is 2. The van der Waals surface area contributed by atoms with E-state index in [2.05, 4.69) is 10.3 Å². The number of rotatable bonds is 7. The Labute approximate surface area is 204 Å². The molecule has 9 heteroatoms. The predicted octanol–water partition coefficient (Wildman–Crippen LogP) is 5.37. The fourth-order valence-corrected chi connectivity index (χ4v) is 5.19. The van der Waals surface area contributed by atoms with E-state index in [0.717, 1.165) is 21.8 Å². The molecule has 2 aromatic carbocycles. The molecule has 2 amide bonds. The third kappa shape index (κ3) is 5.63. The Hall–Kier alpha value is -2.52. The maximum absolute atomic E-state index is 12.7. The van der Waals surface area contributed by atoms with Crippen molar-refractivity contribution in [1.29, 1.82) is 0 Å². The third-order valence-electron chi connectivity index (χ3n) is 4.66. The topological polar surface area (TPSA) is 62.3 Å². The van der Waals surface area contributed by atoms with Gasteiger partial charge in [0.25, 0.3) is 5.91 Å². The van der Waals surface area contributed by atoms with Crippen molar-refractivity contribution in [1.82, 2.24) is 15.2 Å². The fraction of sp³-hybridized carbons (Fsp3) is 0.130. The lowest BCUT2D eigenvalue weighted by atomic mass is 10.2. The van der Waals surface area contributed by atoms with Crippen LogP contribution < -0.4 is 5.32 Å². The summed E-state index contributed by atoms with van der Waals surface area (Å²) in [6.07, 6.45) is 1.94. The van der Waals surface area contributed by atoms with E-state index < -0.39 is 0 Å². The molecule has 0 radical (unpaired) electrons. The van der Waals surface area contributed by atoms with Gasteiger partial charge in [-0.25, -0.2) is 4.98 Å². The van der Waals surface area contributed by atoms with Gasteiger partial charge >= 0.3 is 0 Å². The number of aromatic nitrogens is 1. The highest BCUT2D eigenvalue weighted by atomic mass is 35.5. The highest BCUT2D eigenvalue weighted by Gasteiger charge is 2.32. The summed E-state index contributed by atoms with van der Waals surface area (Å²) in [5, 5.41) is 6.31. The number of carbonyl (C=O) groups excluding carboxylic acids is 2. The van der Waals surface area contributed by atoms with Gasteiger partial charge in [0.1, 0.15) is 9.33 Å². The first-order valence-electron chi connectivity index (χ1n) is 9.77. The summed E-state index contributed by atoms with van der Waals surface area (Å²) in [4.78, 5) is 31.6. The van der Waals surface area contributed by atoms with Crippen LogP contribution in [0.1, 0.15) is 17.0 Å². The summed E-state index contributed by atoms with van der Waals surface area (Å²) in [7, 11) is 0. The monoisotopic (exact) mass is 499 g/mol. The molecule has 1 fully saturated rings. The molecule has 1 aliphatic rings. The van der Waals surface area contributed by atoms with Gasteiger partial charge in [-0.1, -0.05) is 78.0 Å². The van der Waals surface area contributed by atoms with Gasteiger partial charge in [0, 0.05) is 28.9 Å². The fourth-order valence-electron chi connectivity index (χ4n) is 3.01. The molecule has 3 aromatic rings. The summed E-state index contributed by atoms with van der Waals surface area (Å²) in [5.41, 5.74) is 2.80. The van der Waals surface area contributed by atoms with E-state index >= 15 is 0 Å². The molecule has 1 N–H and O–H groups in total. The number of benzene rings is 2. The number of hydrogen-bond donors (Lipinski definition) is 1. The van der Waals surface area contributed by atoms with Crippen LogP contribution in [0.25, 0.3) is 17.3 Å². The van der Waals surface area contributed by atoms with Gasteiger partial charge in [-0.05, 0) is 23.8 Å². The summed E-state index contributed by atoms with van der Waals surface area (Å²) >= 11 is 14.0. The van der Waals surface area contributed by atoms with Crippen molar-refractivity contribution in [2.24, 2.45) is 0 Å². The Morgan fingerprint density at radius 1 is 1.16 bits per heavy atom. The molecular formula is C23H18ClN3O2S3. The van der Waals surface area contributed by atoms with E-state index in [1.54, 1.807) is 18.2 Å². The molecule has 0 aliphatic carbocycles. The van der Waals surface area contributed by atoms with Gasteiger partial charge in [0.15, 0.2) is 0 Å². The maximum Gasteiger partial charge on any atom is 0.266 e. The zero-order chi connectivity index (χ0) is 22.5. The molecule has 162 valence electrons. The van der Waals surface area contributed by atoms with Gasteiger partial charge in [-0.3, -0.25) is 14.5 Å². The first-order chi connectivity index (χ1) is 15.5. The summed E-state index contributed by atoms with van der Waals surface area (Å²) < 4.78 is 0.454. The molecule has 4 rings (SSSR count). The highest BCUT2D eigenvalue weighted by Crippen LogP contribution is 2.32. The molecule has 2 heterocycles. The highest BCUT2D eigenvalue weighted by molar-refractivity contribution is 8.26. The number of thioether (sulfide) groups is 1. The Kier molecular flexibility index (Phi) is 7.36. The smallest absolute Gasteiger partial charge is 0.266 e. The number of hydrogen-bond acceptors (Lipinski definition) is 6. The molecule has 1 aromatic heterocycles. The Balaban J connectivity index is 1.28. The quantitative estimate of drug-likeness (QED) is 0.349. The molecule has 32 heavy (non-hydrogen) atoms. The second-order valence-electron chi connectivity index (χ2n) is 6.90. The van der Waals surface area contributed by atoms with Crippen LogP contribution in [-0.4, -0.2) is 32.6 Å². The van der Waals surface area contributed by atoms with Crippen LogP contribution in [0.4, 0.5) is 0 Å². The SMILES string of the molecule is O=C(CCN1C(=O)/C(=C/c2ccc(Cl)cc2)SC1=S)NCc1nc(-c2ccccc2)cs1. The molecule has 0 bridgehead atoms. The van der Waals surface area contributed by atoms with Gasteiger partial charge in [-0.2, -0.15) is 0 Å². The van der Waals surface area contributed by atoms with Crippen LogP contribution in [0.15, 0.2) is 64.9 Å². The van der Waals surface area contributed by atoms with Crippen LogP contribution in [0.5, 0.6) is 0 Å². The van der Waals surface area contributed by atoms with E-state index in [4.69, 9.17) is 23.8 Å². The van der Waals surface area contributed by atoms with Gasteiger partial charge in [-0.15, -0.1) is 11.3 Å². The lowest BCUT2D eigenvalue weighted by molar-refractivity contribution is -0.123. The van der Waals surface area contributed by atoms with Crippen LogP contribution in [0.3, 0.4) is 0 Å². The van der Waals surface area contributed by atoms with E-state index in [-0.39, 0.29) is 24.8 Å². The van der Waals surface area contributed by atoms with E-state index in [1.165, 1.54) is 28.0 Å². The molecule has 1 saturated heterocycles. The summed E-state index contributed by atoms with van der Waals surface area (Å²) in [6, 6.07) is 17.1. The summed E-state index contributed by atoms with van der Waals surface area (Å²) in [5.74, 6) is -0.340. The molecule has 5 nitrogen and oxygen atoms in total. The maximum atomic E-state index is 12.7. The zero-order valence-electron chi connectivity index (χ0n) is 16.8. The van der Waals surface area contributed by atoms with Crippen LogP contribution in [-0.2, 0) is 16.1 Å². The number of halogens is 1. The minimum atomic E-state index is -0.185. The first-order valence-corrected chi connectivity index (χ1v) is 12.3. The Bertz CT molecular complexity index is 1180. The van der Waals surface area contributed by atoms with E-state index in [9.17, 15) is 9.59 Å². The minimum absolute atomic E-state index is 0.155. The molecule has 0 saturated carbocycles. The second kappa shape index (κ2) is 10.4. The average molecular weight is 500 g/mol. The first kappa shape index (κ1) is 22.7. The van der Waals surface area contributed by atoms with Crippen molar-refractivity contribution in [2.75, 3.05) is 6.54 Å². The van der Waals surface area contributed by atoms with Crippen molar-refractivity contribution < 1.29 is 9.59 Å². The lowest BCUT2D eigenvalue weighted by Crippen LogP contribution is -2.33. The predicted molar refractivity (Wildman–Crippen MR) is 135 cm³/mol. The standard InChI is InChI=1S/C23H18ClN3O2S3/c24-17-8-6-15(7-9-17)12-19-22(29)27(23(30)32-19)11-10-20(28)25-13-21-26-18(14-31-21)16-4-2-1-3-5-16/h1-9,12,14H,10-11,13H2,(H,25,28)/b19-12-. The molecule has 1 aliphatic heterocycles. The average Bonchev–Trinajstić information content (AvgIpc) is 3.38. The molecule has 0 unspecified atom stereocenters. The third-order valence-corrected chi connectivity index (χ3v) is 7.14. The van der Waals surface area contributed by atoms with Crippen LogP contribution in [0, 0.1) is 0 Å². The molecular weight excluding hydrogens is 482 g/mol. The van der Waals surface area contributed by atoms with Gasteiger partial charge in [0.2, 0.25) is 5.91 Å². The number of thiocarbonyl (C=S) groups is 1. The van der Waals surface area contributed by atoms with Crippen molar-refractivity contribution in [2.45, 2.75) is 13.0 Å². The Morgan fingerprint density at radius 3 is 2.66 bits per heavy atom. The van der Waals surface area contributed by atoms with Crippen molar-refractivity contribution in [3.05, 3.63) is 80.5 Å². The Morgan fingerprint density at radius 2 is 1.91 bits per heavy atom. The van der Waals surface area contributed by atoms with Crippen LogP contribution >= 0.6 is 46.9 Å². The van der Waals surface area contributed by atoms with Crippen molar-refractivity contribution in [3.8, 4) is 11.3 Å². The lowest BCUT2D eigenvalue weighted by Gasteiger charge is -2.13. The second-order valence-corrected chi connectivity index (χ2v) is 9.96. The molecule has 0 spiro atoms. The summed E-state index contributed by atoms with van der Waals surface area (Å²) in [6.45, 7) is 0.590. The van der Waals surface area contributed by atoms with Gasteiger partial charge < -0.3 is 5.32 Å². The number of nitrogens with zero attached hydrogens (tertiary/aromatic N) is 2. The normalized spacial score (nSPS) is 14.9. The largest absolute Gasteiger partial charge is 0.350 e.